The summed E-state index contributed by atoms with van der Waals surface area (Å²) in [5.74, 6) is 0.529. The van der Waals surface area contributed by atoms with Crippen molar-refractivity contribution in [1.82, 2.24) is 9.13 Å². The Morgan fingerprint density at radius 2 is 1.86 bits per heavy atom. The number of fused-ring (bicyclic) bond motifs is 2. The molecular weight excluding hydrogens is 384 g/mol. The number of halogens is 1. The molecule has 0 unspecified atom stereocenters. The molecule has 0 fully saturated rings. The third kappa shape index (κ3) is 3.33. The molecular formula is C20H19ClN2O5. The summed E-state index contributed by atoms with van der Waals surface area (Å²) in [6.45, 7) is 3.17. The van der Waals surface area contributed by atoms with Gasteiger partial charge in [-0.05, 0) is 36.8 Å². The molecule has 0 radical (unpaired) electrons. The average molecular weight is 403 g/mol. The average Bonchev–Trinajstić information content (AvgIpc) is 2.97. The van der Waals surface area contributed by atoms with Gasteiger partial charge in [0.2, 0.25) is 0 Å². The Morgan fingerprint density at radius 1 is 1.14 bits per heavy atom. The maximum absolute atomic E-state index is 12.6. The van der Waals surface area contributed by atoms with Gasteiger partial charge in [-0.2, -0.15) is 0 Å². The van der Waals surface area contributed by atoms with Crippen molar-refractivity contribution in [3.63, 3.8) is 0 Å². The van der Waals surface area contributed by atoms with Gasteiger partial charge in [0.15, 0.2) is 11.5 Å². The zero-order chi connectivity index (χ0) is 19.7. The highest BCUT2D eigenvalue weighted by Gasteiger charge is 2.18. The Labute approximate surface area is 166 Å². The molecule has 0 saturated carbocycles. The molecule has 1 aliphatic heterocycles. The fourth-order valence-electron chi connectivity index (χ4n) is 3.32. The number of esters is 1. The van der Waals surface area contributed by atoms with Crippen LogP contribution in [-0.4, -0.2) is 28.3 Å². The highest BCUT2D eigenvalue weighted by atomic mass is 35.5. The predicted octanol–water partition coefficient (Wildman–Crippen LogP) is 2.99. The largest absolute Gasteiger partial charge is 0.486 e. The van der Waals surface area contributed by atoms with E-state index in [-0.39, 0.29) is 18.8 Å². The van der Waals surface area contributed by atoms with Gasteiger partial charge in [-0.15, -0.1) is 0 Å². The van der Waals surface area contributed by atoms with Crippen molar-refractivity contribution in [3.8, 4) is 11.5 Å². The van der Waals surface area contributed by atoms with Crippen LogP contribution >= 0.6 is 11.6 Å². The van der Waals surface area contributed by atoms with E-state index in [2.05, 4.69) is 0 Å². The van der Waals surface area contributed by atoms with Gasteiger partial charge < -0.3 is 14.2 Å². The Bertz CT molecular complexity index is 1100. The topological polar surface area (TPSA) is 71.7 Å². The molecule has 2 heterocycles. The first-order valence-corrected chi connectivity index (χ1v) is 9.38. The van der Waals surface area contributed by atoms with E-state index in [0.29, 0.717) is 47.4 Å². The summed E-state index contributed by atoms with van der Waals surface area (Å²) in [6, 6.07) is 10.8. The van der Waals surface area contributed by atoms with Gasteiger partial charge >= 0.3 is 11.7 Å². The third-order valence-corrected chi connectivity index (χ3v) is 4.87. The fraction of sp³-hybridized carbons (Fsp3) is 0.300. The number of carbonyl (C=O) groups is 1. The van der Waals surface area contributed by atoms with E-state index >= 15 is 0 Å². The first-order chi connectivity index (χ1) is 13.6. The molecule has 0 aliphatic carbocycles. The molecule has 8 heteroatoms. The third-order valence-electron chi connectivity index (χ3n) is 4.59. The number of aromatic nitrogens is 2. The van der Waals surface area contributed by atoms with E-state index in [1.807, 2.05) is 31.2 Å². The smallest absolute Gasteiger partial charge is 0.329 e. The molecule has 146 valence electrons. The molecule has 4 rings (SSSR count). The van der Waals surface area contributed by atoms with Crippen molar-refractivity contribution in [2.45, 2.75) is 26.6 Å². The highest BCUT2D eigenvalue weighted by Crippen LogP contribution is 2.38. The van der Waals surface area contributed by atoms with Crippen molar-refractivity contribution in [2.75, 3.05) is 13.2 Å². The normalized spacial score (nSPS) is 12.9. The van der Waals surface area contributed by atoms with Crippen molar-refractivity contribution in [3.05, 3.63) is 57.5 Å². The van der Waals surface area contributed by atoms with Gasteiger partial charge in [-0.3, -0.25) is 13.9 Å². The molecule has 1 aromatic heterocycles. The van der Waals surface area contributed by atoms with Crippen LogP contribution in [0.2, 0.25) is 5.02 Å². The number of hydrogen-bond acceptors (Lipinski definition) is 5. The number of rotatable bonds is 5. The number of hydrogen-bond donors (Lipinski definition) is 0. The lowest BCUT2D eigenvalue weighted by atomic mass is 10.2. The van der Waals surface area contributed by atoms with Crippen molar-refractivity contribution in [1.29, 1.82) is 0 Å². The van der Waals surface area contributed by atoms with E-state index in [1.54, 1.807) is 16.7 Å². The Hall–Kier alpha value is -2.93. The highest BCUT2D eigenvalue weighted by molar-refractivity contribution is 6.32. The number of ether oxygens (including phenoxy) is 3. The standard InChI is InChI=1S/C20H19ClN2O5/c1-2-22-15-5-3-4-6-16(15)23(20(22)25)11-18(24)28-12-13-9-14(21)19-17(10-13)26-7-8-27-19/h3-6,9-10H,2,7-8,11-12H2,1H3. The van der Waals surface area contributed by atoms with Crippen LogP contribution < -0.4 is 15.2 Å². The summed E-state index contributed by atoms with van der Waals surface area (Å²) >= 11 is 6.20. The maximum atomic E-state index is 12.6. The fourth-order valence-corrected chi connectivity index (χ4v) is 3.60. The minimum Gasteiger partial charge on any atom is -0.486 e. The van der Waals surface area contributed by atoms with E-state index < -0.39 is 5.97 Å². The molecule has 28 heavy (non-hydrogen) atoms. The number of para-hydroxylation sites is 2. The van der Waals surface area contributed by atoms with Crippen LogP contribution in [0, 0.1) is 0 Å². The second-order valence-electron chi connectivity index (χ2n) is 6.36. The Morgan fingerprint density at radius 3 is 2.61 bits per heavy atom. The van der Waals surface area contributed by atoms with Gasteiger partial charge in [0.1, 0.15) is 26.4 Å². The molecule has 0 bridgehead atoms. The molecule has 1 aliphatic rings. The maximum Gasteiger partial charge on any atom is 0.329 e. The molecule has 2 aromatic carbocycles. The van der Waals surface area contributed by atoms with Gasteiger partial charge in [0.25, 0.3) is 0 Å². The van der Waals surface area contributed by atoms with E-state index in [4.69, 9.17) is 25.8 Å². The molecule has 0 saturated heterocycles. The number of imidazole rings is 1. The lowest BCUT2D eigenvalue weighted by Crippen LogP contribution is -2.27. The van der Waals surface area contributed by atoms with Crippen LogP contribution in [0.3, 0.4) is 0 Å². The first-order valence-electron chi connectivity index (χ1n) is 9.00. The van der Waals surface area contributed by atoms with E-state index in [9.17, 15) is 9.59 Å². The van der Waals surface area contributed by atoms with Gasteiger partial charge in [0.05, 0.1) is 16.1 Å². The summed E-state index contributed by atoms with van der Waals surface area (Å²) < 4.78 is 19.4. The van der Waals surface area contributed by atoms with Crippen molar-refractivity contribution in [2.24, 2.45) is 0 Å². The summed E-state index contributed by atoms with van der Waals surface area (Å²) in [5, 5.41) is 0.408. The van der Waals surface area contributed by atoms with Gasteiger partial charge in [0, 0.05) is 6.54 Å². The summed E-state index contributed by atoms with van der Waals surface area (Å²) in [5.41, 5.74) is 1.95. The lowest BCUT2D eigenvalue weighted by Gasteiger charge is -2.20. The van der Waals surface area contributed by atoms with E-state index in [0.717, 1.165) is 5.52 Å². The zero-order valence-corrected chi connectivity index (χ0v) is 16.1. The van der Waals surface area contributed by atoms with Crippen LogP contribution in [0.15, 0.2) is 41.2 Å². The second-order valence-corrected chi connectivity index (χ2v) is 6.77. The molecule has 0 spiro atoms. The second kappa shape index (κ2) is 7.59. The summed E-state index contributed by atoms with van der Waals surface area (Å²) in [4.78, 5) is 25.0. The first kappa shape index (κ1) is 18.4. The van der Waals surface area contributed by atoms with Crippen LogP contribution in [0.5, 0.6) is 11.5 Å². The van der Waals surface area contributed by atoms with Crippen LogP contribution in [0.1, 0.15) is 12.5 Å². The van der Waals surface area contributed by atoms with Gasteiger partial charge in [-0.1, -0.05) is 23.7 Å². The Kier molecular flexibility index (Phi) is 5.00. The minimum absolute atomic E-state index is 0.0242. The summed E-state index contributed by atoms with van der Waals surface area (Å²) in [6.07, 6.45) is 0. The molecule has 0 amide bonds. The van der Waals surface area contributed by atoms with E-state index in [1.165, 1.54) is 4.57 Å². The molecule has 7 nitrogen and oxygen atoms in total. The predicted molar refractivity (Wildman–Crippen MR) is 104 cm³/mol. The molecule has 0 N–H and O–H groups in total. The summed E-state index contributed by atoms with van der Waals surface area (Å²) in [7, 11) is 0. The number of carbonyl (C=O) groups excluding carboxylic acids is 1. The van der Waals surface area contributed by atoms with Gasteiger partial charge in [-0.25, -0.2) is 4.79 Å². The van der Waals surface area contributed by atoms with Crippen LogP contribution in [0.4, 0.5) is 0 Å². The van der Waals surface area contributed by atoms with Crippen LogP contribution in [-0.2, 0) is 29.2 Å². The number of nitrogens with zero attached hydrogens (tertiary/aromatic N) is 2. The monoisotopic (exact) mass is 402 g/mol. The SMILES string of the molecule is CCn1c(=O)n(CC(=O)OCc2cc(Cl)c3c(c2)OCCO3)c2ccccc21. The van der Waals surface area contributed by atoms with Crippen molar-refractivity contribution >= 4 is 28.6 Å². The quantitative estimate of drug-likeness (QED) is 0.613. The number of benzene rings is 2. The number of aryl methyl sites for hydroxylation is 1. The Balaban J connectivity index is 1.50. The van der Waals surface area contributed by atoms with Crippen molar-refractivity contribution < 1.29 is 19.0 Å². The molecule has 3 aromatic rings. The minimum atomic E-state index is -0.507. The molecule has 0 atom stereocenters. The van der Waals surface area contributed by atoms with Crippen LogP contribution in [0.25, 0.3) is 11.0 Å². The lowest BCUT2D eigenvalue weighted by molar-refractivity contribution is -0.145. The zero-order valence-electron chi connectivity index (χ0n) is 15.3.